The maximum absolute atomic E-state index is 11.4. The first-order valence-corrected chi connectivity index (χ1v) is 6.48. The molecular formula is C14H18ClNO7. The third-order valence-corrected chi connectivity index (χ3v) is 2.46. The van der Waals surface area contributed by atoms with Crippen LogP contribution in [-0.4, -0.2) is 48.9 Å². The molecule has 1 rings (SSSR count). The smallest absolute Gasteiger partial charge is 0.373 e. The number of ketones is 1. The summed E-state index contributed by atoms with van der Waals surface area (Å²) >= 11 is 0. The first-order valence-electron chi connectivity index (χ1n) is 6.48. The molecule has 0 saturated heterocycles. The summed E-state index contributed by atoms with van der Waals surface area (Å²) in [6.07, 6.45) is -1.67. The Balaban J connectivity index is 0.00000484. The maximum Gasteiger partial charge on any atom is 0.373 e. The third-order valence-electron chi connectivity index (χ3n) is 2.46. The number of hydrogen-bond donors (Lipinski definition) is 2. The molecule has 8 nitrogen and oxygen atoms in total. The monoisotopic (exact) mass is 347 g/mol. The Bertz CT molecular complexity index is 532. The van der Waals surface area contributed by atoms with Gasteiger partial charge in [0.15, 0.2) is 5.78 Å². The molecule has 0 aliphatic rings. The van der Waals surface area contributed by atoms with Crippen molar-refractivity contribution in [1.82, 2.24) is 0 Å². The van der Waals surface area contributed by atoms with E-state index in [2.05, 4.69) is 4.74 Å². The van der Waals surface area contributed by atoms with Crippen LogP contribution in [0.1, 0.15) is 17.3 Å². The molecule has 0 fully saturated rings. The second-order valence-electron chi connectivity index (χ2n) is 4.06. The predicted octanol–water partition coefficient (Wildman–Crippen LogP) is 0.619. The predicted molar refractivity (Wildman–Crippen MR) is 81.7 cm³/mol. The van der Waals surface area contributed by atoms with Crippen molar-refractivity contribution in [2.24, 2.45) is 5.73 Å². The van der Waals surface area contributed by atoms with E-state index < -0.39 is 24.8 Å². The number of rotatable bonds is 9. The van der Waals surface area contributed by atoms with Crippen LogP contribution in [0, 0.1) is 0 Å². The van der Waals surface area contributed by atoms with E-state index in [9.17, 15) is 14.4 Å². The average molecular weight is 348 g/mol. The van der Waals surface area contributed by atoms with Crippen LogP contribution in [0.4, 0.5) is 0 Å². The molecule has 0 saturated carbocycles. The van der Waals surface area contributed by atoms with Gasteiger partial charge in [-0.1, -0.05) is 0 Å². The van der Waals surface area contributed by atoms with Crippen molar-refractivity contribution >= 4 is 30.1 Å². The fourth-order valence-corrected chi connectivity index (χ4v) is 1.46. The zero-order valence-electron chi connectivity index (χ0n) is 12.4. The fraction of sp³-hybridized carbons (Fsp3) is 0.357. The highest BCUT2D eigenvalue weighted by molar-refractivity contribution is 5.97. The first kappa shape index (κ1) is 20.8. The van der Waals surface area contributed by atoms with E-state index in [4.69, 9.17) is 20.3 Å². The highest BCUT2D eigenvalue weighted by atomic mass is 35.5. The van der Waals surface area contributed by atoms with E-state index in [0.717, 1.165) is 0 Å². The van der Waals surface area contributed by atoms with E-state index in [1.54, 1.807) is 6.92 Å². The highest BCUT2D eigenvalue weighted by Crippen LogP contribution is 2.15. The maximum atomic E-state index is 11.4. The second kappa shape index (κ2) is 10.5. The van der Waals surface area contributed by atoms with Crippen LogP contribution in [0.25, 0.3) is 0 Å². The minimum atomic E-state index is -1.67. The molecule has 0 aliphatic heterocycles. The van der Waals surface area contributed by atoms with Crippen LogP contribution in [0.3, 0.4) is 0 Å². The van der Waals surface area contributed by atoms with E-state index >= 15 is 0 Å². The van der Waals surface area contributed by atoms with Gasteiger partial charge in [0.05, 0.1) is 13.2 Å². The standard InChI is InChI=1S/C14H17NO7.ClH/c1-2-20-12(17)8-21-14(13(18)19)22-10-5-3-9(4-6-10)11(16)7-15;/h3-6,14H,2,7-8,15H2,1H3,(H,18,19);1H. The van der Waals surface area contributed by atoms with Gasteiger partial charge in [0, 0.05) is 5.56 Å². The molecule has 128 valence electrons. The Labute approximate surface area is 138 Å². The van der Waals surface area contributed by atoms with E-state index in [-0.39, 0.29) is 37.1 Å². The van der Waals surface area contributed by atoms with Gasteiger partial charge >= 0.3 is 11.9 Å². The lowest BCUT2D eigenvalue weighted by molar-refractivity contribution is -0.177. The summed E-state index contributed by atoms with van der Waals surface area (Å²) in [4.78, 5) is 33.5. The van der Waals surface area contributed by atoms with Crippen molar-refractivity contribution in [2.75, 3.05) is 19.8 Å². The second-order valence-corrected chi connectivity index (χ2v) is 4.06. The van der Waals surface area contributed by atoms with Crippen molar-refractivity contribution in [3.05, 3.63) is 29.8 Å². The summed E-state index contributed by atoms with van der Waals surface area (Å²) in [5, 5.41) is 8.99. The van der Waals surface area contributed by atoms with Gasteiger partial charge in [-0.25, -0.2) is 9.59 Å². The molecule has 0 spiro atoms. The molecule has 3 N–H and O–H groups in total. The number of halogens is 1. The number of nitrogens with two attached hydrogens (primary N) is 1. The Kier molecular flexibility index (Phi) is 9.56. The number of carbonyl (C=O) groups excluding carboxylic acids is 2. The topological polar surface area (TPSA) is 125 Å². The van der Waals surface area contributed by atoms with Gasteiger partial charge in [-0.05, 0) is 31.2 Å². The van der Waals surface area contributed by atoms with Crippen molar-refractivity contribution in [3.8, 4) is 5.75 Å². The number of benzene rings is 1. The van der Waals surface area contributed by atoms with Crippen molar-refractivity contribution < 1.29 is 33.7 Å². The van der Waals surface area contributed by atoms with Gasteiger partial charge in [-0.3, -0.25) is 4.79 Å². The molecule has 1 atom stereocenters. The molecule has 0 heterocycles. The summed E-state index contributed by atoms with van der Waals surface area (Å²) in [6, 6.07) is 5.72. The molecule has 0 aromatic heterocycles. The number of carboxylic acid groups (broad SMARTS) is 1. The van der Waals surface area contributed by atoms with Gasteiger partial charge in [0.1, 0.15) is 12.4 Å². The number of aliphatic carboxylic acids is 1. The SMILES string of the molecule is CCOC(=O)COC(Oc1ccc(C(=O)CN)cc1)C(=O)O.Cl. The van der Waals surface area contributed by atoms with Crippen molar-refractivity contribution in [3.63, 3.8) is 0 Å². The Hall–Kier alpha value is -2.16. The van der Waals surface area contributed by atoms with Gasteiger partial charge in [-0.2, -0.15) is 0 Å². The molecule has 1 aromatic rings. The molecule has 1 unspecified atom stereocenters. The lowest BCUT2D eigenvalue weighted by Crippen LogP contribution is -2.32. The Morgan fingerprint density at radius 1 is 1.22 bits per heavy atom. The molecular weight excluding hydrogens is 330 g/mol. The van der Waals surface area contributed by atoms with Crippen LogP contribution in [-0.2, 0) is 19.1 Å². The number of esters is 1. The first-order chi connectivity index (χ1) is 10.5. The summed E-state index contributed by atoms with van der Waals surface area (Å²) < 4.78 is 14.6. The summed E-state index contributed by atoms with van der Waals surface area (Å²) in [7, 11) is 0. The summed E-state index contributed by atoms with van der Waals surface area (Å²) in [5.41, 5.74) is 5.62. The molecule has 0 aliphatic carbocycles. The van der Waals surface area contributed by atoms with Crippen LogP contribution in [0.2, 0.25) is 0 Å². The number of carbonyl (C=O) groups is 3. The quantitative estimate of drug-likeness (QED) is 0.378. The van der Waals surface area contributed by atoms with Gasteiger partial charge in [-0.15, -0.1) is 12.4 Å². The molecule has 0 radical (unpaired) electrons. The Morgan fingerprint density at radius 2 is 1.83 bits per heavy atom. The molecule has 9 heteroatoms. The highest BCUT2D eigenvalue weighted by Gasteiger charge is 2.22. The zero-order chi connectivity index (χ0) is 16.5. The fourth-order valence-electron chi connectivity index (χ4n) is 1.46. The zero-order valence-corrected chi connectivity index (χ0v) is 13.2. The molecule has 0 bridgehead atoms. The summed E-state index contributed by atoms with van der Waals surface area (Å²) in [5.74, 6) is -2.17. The van der Waals surface area contributed by atoms with E-state index in [1.165, 1.54) is 24.3 Å². The number of Topliss-reactive ketones (excluding diaryl/α,β-unsaturated/α-hetero) is 1. The summed E-state index contributed by atoms with van der Waals surface area (Å²) in [6.45, 7) is 1.11. The van der Waals surface area contributed by atoms with Gasteiger partial charge in [0.25, 0.3) is 6.29 Å². The van der Waals surface area contributed by atoms with Crippen molar-refractivity contribution in [2.45, 2.75) is 13.2 Å². The van der Waals surface area contributed by atoms with Gasteiger partial charge < -0.3 is 25.1 Å². The third kappa shape index (κ3) is 7.09. The molecule has 23 heavy (non-hydrogen) atoms. The lowest BCUT2D eigenvalue weighted by Gasteiger charge is -2.15. The van der Waals surface area contributed by atoms with Crippen LogP contribution < -0.4 is 10.5 Å². The van der Waals surface area contributed by atoms with Crippen LogP contribution in [0.5, 0.6) is 5.75 Å². The van der Waals surface area contributed by atoms with Crippen molar-refractivity contribution in [1.29, 1.82) is 0 Å². The molecule has 1 aromatic carbocycles. The minimum Gasteiger partial charge on any atom is -0.477 e. The minimum absolute atomic E-state index is 0. The van der Waals surface area contributed by atoms with E-state index in [1.807, 2.05) is 0 Å². The largest absolute Gasteiger partial charge is 0.477 e. The lowest BCUT2D eigenvalue weighted by atomic mass is 10.1. The van der Waals surface area contributed by atoms with Crippen LogP contribution in [0.15, 0.2) is 24.3 Å². The Morgan fingerprint density at radius 3 is 2.30 bits per heavy atom. The van der Waals surface area contributed by atoms with Crippen LogP contribution >= 0.6 is 12.4 Å². The van der Waals surface area contributed by atoms with E-state index in [0.29, 0.717) is 5.56 Å². The molecule has 0 amide bonds. The normalized spacial score (nSPS) is 11.0. The number of ether oxygens (including phenoxy) is 3. The number of hydrogen-bond acceptors (Lipinski definition) is 7. The average Bonchev–Trinajstić information content (AvgIpc) is 2.51. The number of carboxylic acids is 1. The van der Waals surface area contributed by atoms with Gasteiger partial charge in [0.2, 0.25) is 0 Å².